The third-order valence-electron chi connectivity index (χ3n) is 4.65. The monoisotopic (exact) mass is 408 g/mol. The molecule has 0 spiro atoms. The van der Waals surface area contributed by atoms with Crippen molar-refractivity contribution in [2.45, 2.75) is 32.7 Å². The van der Waals surface area contributed by atoms with Crippen LogP contribution in [0.1, 0.15) is 26.2 Å². The highest BCUT2D eigenvalue weighted by molar-refractivity contribution is 6.30. The van der Waals surface area contributed by atoms with Crippen LogP contribution < -0.4 is 10.3 Å². The Morgan fingerprint density at radius 1 is 1.10 bits per heavy atom. The average molecular weight is 409 g/mol. The molecule has 0 aliphatic rings. The summed E-state index contributed by atoms with van der Waals surface area (Å²) in [7, 11) is 0. The van der Waals surface area contributed by atoms with E-state index in [9.17, 15) is 4.79 Å². The van der Waals surface area contributed by atoms with Crippen molar-refractivity contribution in [3.8, 4) is 23.0 Å². The van der Waals surface area contributed by atoms with Crippen molar-refractivity contribution in [1.82, 2.24) is 18.9 Å². The first-order valence-corrected chi connectivity index (χ1v) is 10.0. The fourth-order valence-corrected chi connectivity index (χ4v) is 3.29. The maximum atomic E-state index is 12.8. The van der Waals surface area contributed by atoms with Crippen LogP contribution in [0.15, 0.2) is 65.7 Å². The van der Waals surface area contributed by atoms with E-state index >= 15 is 0 Å². The van der Waals surface area contributed by atoms with Crippen LogP contribution in [0.4, 0.5) is 0 Å². The van der Waals surface area contributed by atoms with Gasteiger partial charge in [0, 0.05) is 35.6 Å². The maximum absolute atomic E-state index is 12.8. The van der Waals surface area contributed by atoms with Gasteiger partial charge in [-0.2, -0.15) is 0 Å². The van der Waals surface area contributed by atoms with Gasteiger partial charge in [0.05, 0.1) is 11.8 Å². The number of aromatic nitrogens is 4. The summed E-state index contributed by atoms with van der Waals surface area (Å²) in [5.41, 5.74) is 1.40. The third kappa shape index (κ3) is 4.17. The lowest BCUT2D eigenvalue weighted by Gasteiger charge is -2.14. The number of rotatable bonds is 7. The first kappa shape index (κ1) is 19.2. The molecule has 1 aromatic carbocycles. The molecule has 0 unspecified atom stereocenters. The van der Waals surface area contributed by atoms with Gasteiger partial charge in [-0.25, -0.2) is 9.97 Å². The van der Waals surface area contributed by atoms with Crippen LogP contribution in [0, 0.1) is 0 Å². The van der Waals surface area contributed by atoms with E-state index in [1.54, 1.807) is 22.9 Å². The second kappa shape index (κ2) is 8.49. The molecule has 0 fully saturated rings. The SMILES string of the molecule is CCCCCn1c(Oc2ccccn2)cc(=O)n2cc(-c3ccc(Cl)cc3)nc12. The fourth-order valence-electron chi connectivity index (χ4n) is 3.16. The average Bonchev–Trinajstić information content (AvgIpc) is 3.18. The summed E-state index contributed by atoms with van der Waals surface area (Å²) in [6.07, 6.45) is 6.53. The van der Waals surface area contributed by atoms with Crippen molar-refractivity contribution < 1.29 is 4.74 Å². The Hall–Kier alpha value is -3.12. The summed E-state index contributed by atoms with van der Waals surface area (Å²) in [6, 6.07) is 14.3. The molecule has 7 heteroatoms. The number of halogens is 1. The highest BCUT2D eigenvalue weighted by Crippen LogP contribution is 2.24. The highest BCUT2D eigenvalue weighted by atomic mass is 35.5. The Morgan fingerprint density at radius 2 is 1.93 bits per heavy atom. The number of nitrogens with zero attached hydrogens (tertiary/aromatic N) is 4. The van der Waals surface area contributed by atoms with E-state index < -0.39 is 0 Å². The van der Waals surface area contributed by atoms with Gasteiger partial charge < -0.3 is 4.74 Å². The van der Waals surface area contributed by atoms with Crippen molar-refractivity contribution in [2.75, 3.05) is 0 Å². The normalized spacial score (nSPS) is 11.1. The van der Waals surface area contributed by atoms with Crippen LogP contribution in [0.5, 0.6) is 11.8 Å². The molecule has 4 rings (SSSR count). The first-order chi connectivity index (χ1) is 14.2. The summed E-state index contributed by atoms with van der Waals surface area (Å²) in [4.78, 5) is 21.7. The van der Waals surface area contributed by atoms with Crippen LogP contribution in [0.25, 0.3) is 17.0 Å². The molecule has 0 amide bonds. The van der Waals surface area contributed by atoms with Crippen molar-refractivity contribution in [2.24, 2.45) is 0 Å². The predicted octanol–water partition coefficient (Wildman–Crippen LogP) is 5.19. The van der Waals surface area contributed by atoms with Crippen molar-refractivity contribution >= 4 is 17.4 Å². The summed E-state index contributed by atoms with van der Waals surface area (Å²) in [5.74, 6) is 1.42. The molecule has 148 valence electrons. The number of unbranched alkanes of at least 4 members (excludes halogenated alkanes) is 2. The molecule has 0 bridgehead atoms. The van der Waals surface area contributed by atoms with Gasteiger partial charge in [-0.1, -0.05) is 49.6 Å². The minimum Gasteiger partial charge on any atom is -0.422 e. The zero-order valence-corrected chi connectivity index (χ0v) is 16.8. The van der Waals surface area contributed by atoms with E-state index in [0.29, 0.717) is 34.8 Å². The van der Waals surface area contributed by atoms with Gasteiger partial charge in [0.15, 0.2) is 0 Å². The van der Waals surface area contributed by atoms with Crippen molar-refractivity contribution in [3.05, 3.63) is 76.3 Å². The van der Waals surface area contributed by atoms with Gasteiger partial charge in [-0.05, 0) is 24.6 Å². The maximum Gasteiger partial charge on any atom is 0.262 e. The molecule has 6 nitrogen and oxygen atoms in total. The Morgan fingerprint density at radius 3 is 2.66 bits per heavy atom. The van der Waals surface area contributed by atoms with E-state index in [-0.39, 0.29) is 5.56 Å². The van der Waals surface area contributed by atoms with Gasteiger partial charge in [0.25, 0.3) is 5.56 Å². The van der Waals surface area contributed by atoms with E-state index in [1.807, 2.05) is 41.0 Å². The van der Waals surface area contributed by atoms with Crippen LogP contribution in [0.2, 0.25) is 5.02 Å². The molecule has 0 N–H and O–H groups in total. The molecule has 29 heavy (non-hydrogen) atoms. The standard InChI is InChI=1S/C22H21ClN4O2/c1-2-3-6-13-26-21(29-19-7-4-5-12-24-19)14-20(28)27-15-18(25-22(26)27)16-8-10-17(23)11-9-16/h4-5,7-12,14-15H,2-3,6,13H2,1H3. The quantitative estimate of drug-likeness (QED) is 0.394. The smallest absolute Gasteiger partial charge is 0.262 e. The number of aryl methyl sites for hydroxylation is 1. The molecular weight excluding hydrogens is 388 g/mol. The van der Waals surface area contributed by atoms with E-state index in [2.05, 4.69) is 11.9 Å². The minimum absolute atomic E-state index is 0.203. The lowest BCUT2D eigenvalue weighted by atomic mass is 10.2. The summed E-state index contributed by atoms with van der Waals surface area (Å²) in [6.45, 7) is 2.84. The molecule has 0 aliphatic heterocycles. The molecule has 3 heterocycles. The summed E-state index contributed by atoms with van der Waals surface area (Å²) < 4.78 is 9.43. The van der Waals surface area contributed by atoms with Crippen LogP contribution in [-0.4, -0.2) is 18.9 Å². The van der Waals surface area contributed by atoms with Gasteiger partial charge >= 0.3 is 0 Å². The molecule has 0 saturated carbocycles. The lowest BCUT2D eigenvalue weighted by Crippen LogP contribution is -2.18. The zero-order valence-electron chi connectivity index (χ0n) is 16.1. The number of hydrogen-bond donors (Lipinski definition) is 0. The lowest BCUT2D eigenvalue weighted by molar-refractivity contribution is 0.404. The molecule has 0 aliphatic carbocycles. The zero-order chi connectivity index (χ0) is 20.2. The van der Waals surface area contributed by atoms with Gasteiger partial charge in [0.1, 0.15) is 0 Å². The van der Waals surface area contributed by atoms with Gasteiger partial charge in [0.2, 0.25) is 17.5 Å². The Labute approximate surface area is 173 Å². The second-order valence-corrected chi connectivity index (χ2v) is 7.19. The van der Waals surface area contributed by atoms with Crippen LogP contribution >= 0.6 is 11.6 Å². The molecule has 0 atom stereocenters. The first-order valence-electron chi connectivity index (χ1n) is 9.63. The van der Waals surface area contributed by atoms with Gasteiger partial charge in [-0.15, -0.1) is 0 Å². The van der Waals surface area contributed by atoms with Crippen molar-refractivity contribution in [1.29, 1.82) is 0 Å². The minimum atomic E-state index is -0.203. The summed E-state index contributed by atoms with van der Waals surface area (Å²) in [5, 5.41) is 0.655. The molecule has 0 saturated heterocycles. The van der Waals surface area contributed by atoms with Crippen molar-refractivity contribution in [3.63, 3.8) is 0 Å². The summed E-state index contributed by atoms with van der Waals surface area (Å²) >= 11 is 5.99. The van der Waals surface area contributed by atoms with E-state index in [0.717, 1.165) is 24.8 Å². The number of benzene rings is 1. The predicted molar refractivity (Wildman–Crippen MR) is 114 cm³/mol. The molecule has 3 aromatic heterocycles. The van der Waals surface area contributed by atoms with Crippen LogP contribution in [0.3, 0.4) is 0 Å². The fraction of sp³-hybridized carbons (Fsp3) is 0.227. The molecule has 0 radical (unpaired) electrons. The Bertz CT molecular complexity index is 1170. The second-order valence-electron chi connectivity index (χ2n) is 6.75. The largest absolute Gasteiger partial charge is 0.422 e. The number of pyridine rings is 1. The highest BCUT2D eigenvalue weighted by Gasteiger charge is 2.15. The Kier molecular flexibility index (Phi) is 5.62. The molecule has 4 aromatic rings. The van der Waals surface area contributed by atoms with E-state index in [4.69, 9.17) is 21.3 Å². The number of ether oxygens (including phenoxy) is 1. The molecular formula is C22H21ClN4O2. The van der Waals surface area contributed by atoms with Crippen LogP contribution in [-0.2, 0) is 6.54 Å². The van der Waals surface area contributed by atoms with Gasteiger partial charge in [-0.3, -0.25) is 13.8 Å². The third-order valence-corrected chi connectivity index (χ3v) is 4.90. The Balaban J connectivity index is 1.82. The number of imidazole rings is 1. The van der Waals surface area contributed by atoms with E-state index in [1.165, 1.54) is 6.07 Å². The number of fused-ring (bicyclic) bond motifs is 1. The topological polar surface area (TPSA) is 61.4 Å². The number of hydrogen-bond acceptors (Lipinski definition) is 4.